The summed E-state index contributed by atoms with van der Waals surface area (Å²) in [6, 6.07) is 21.9. The van der Waals surface area contributed by atoms with Gasteiger partial charge in [-0.25, -0.2) is 0 Å². The van der Waals surface area contributed by atoms with Gasteiger partial charge in [0.25, 0.3) is 5.91 Å². The summed E-state index contributed by atoms with van der Waals surface area (Å²) in [5.41, 5.74) is 4.31. The quantitative estimate of drug-likeness (QED) is 0.475. The summed E-state index contributed by atoms with van der Waals surface area (Å²) in [5.74, 6) is -1.49. The van der Waals surface area contributed by atoms with Crippen LogP contribution in [0, 0.1) is 0 Å². The van der Waals surface area contributed by atoms with Crippen LogP contribution in [-0.4, -0.2) is 59.0 Å². The van der Waals surface area contributed by atoms with Gasteiger partial charge in [-0.2, -0.15) is 0 Å². The number of carboxylic acids is 1. The van der Waals surface area contributed by atoms with Crippen molar-refractivity contribution in [2.24, 2.45) is 0 Å². The molecule has 4 rings (SSSR count). The molecule has 182 valence electrons. The van der Waals surface area contributed by atoms with Crippen molar-refractivity contribution in [3.63, 3.8) is 0 Å². The van der Waals surface area contributed by atoms with Gasteiger partial charge in [0.05, 0.1) is 6.61 Å². The fraction of sp³-hybridized carbons (Fsp3) is 0.321. The Morgan fingerprint density at radius 2 is 1.83 bits per heavy atom. The summed E-state index contributed by atoms with van der Waals surface area (Å²) in [4.78, 5) is 30.5. The predicted octanol–water partition coefficient (Wildman–Crippen LogP) is 4.14. The molecule has 1 fully saturated rings. The zero-order valence-corrected chi connectivity index (χ0v) is 19.7. The van der Waals surface area contributed by atoms with Crippen molar-refractivity contribution in [2.75, 3.05) is 19.9 Å². The minimum Gasteiger partial charge on any atom is -0.480 e. The molecule has 0 radical (unpaired) electrons. The van der Waals surface area contributed by atoms with Crippen LogP contribution in [0.25, 0.3) is 11.1 Å². The maximum absolute atomic E-state index is 13.2. The van der Waals surface area contributed by atoms with Gasteiger partial charge in [0, 0.05) is 24.4 Å². The van der Waals surface area contributed by atoms with Gasteiger partial charge in [-0.3, -0.25) is 14.6 Å². The van der Waals surface area contributed by atoms with E-state index in [1.165, 1.54) is 10.5 Å². The number of nitrogens with zero attached hydrogens (tertiary/aromatic N) is 2. The third-order valence-corrected chi connectivity index (χ3v) is 6.48. The van der Waals surface area contributed by atoms with Crippen molar-refractivity contribution < 1.29 is 24.2 Å². The number of pyridine rings is 1. The Labute approximate surface area is 205 Å². The number of hydrogen-bond donors (Lipinski definition) is 1. The second kappa shape index (κ2) is 11.7. The predicted molar refractivity (Wildman–Crippen MR) is 132 cm³/mol. The molecule has 2 aromatic carbocycles. The molecule has 7 heteroatoms. The first-order valence-corrected chi connectivity index (χ1v) is 11.8. The van der Waals surface area contributed by atoms with E-state index in [4.69, 9.17) is 9.47 Å². The first kappa shape index (κ1) is 24.6. The molecule has 1 aliphatic heterocycles. The Morgan fingerprint density at radius 3 is 2.46 bits per heavy atom. The fourth-order valence-electron chi connectivity index (χ4n) is 4.56. The Morgan fingerprint density at radius 1 is 1.06 bits per heavy atom. The molecule has 1 amide bonds. The number of hydrogen-bond acceptors (Lipinski definition) is 5. The number of aryl methyl sites for hydroxylation is 1. The SMILES string of the molecule is CC(C(CCc1ccccc1)c1ccc(-c2cccnc2)cc1)N(CC(=O)O)C(=O)C1COCO1. The molecule has 35 heavy (non-hydrogen) atoms. The van der Waals surface area contributed by atoms with Crippen LogP contribution in [0.3, 0.4) is 0 Å². The van der Waals surface area contributed by atoms with E-state index in [1.54, 1.807) is 6.20 Å². The highest BCUT2D eigenvalue weighted by Crippen LogP contribution is 2.31. The van der Waals surface area contributed by atoms with Crippen molar-refractivity contribution in [1.29, 1.82) is 0 Å². The lowest BCUT2D eigenvalue weighted by Gasteiger charge is -2.35. The maximum Gasteiger partial charge on any atom is 0.323 e. The highest BCUT2D eigenvalue weighted by atomic mass is 16.7. The third-order valence-electron chi connectivity index (χ3n) is 6.48. The van der Waals surface area contributed by atoms with Gasteiger partial charge in [-0.05, 0) is 48.1 Å². The van der Waals surface area contributed by atoms with Crippen LogP contribution >= 0.6 is 0 Å². The van der Waals surface area contributed by atoms with Crippen LogP contribution in [0.5, 0.6) is 0 Å². The Balaban J connectivity index is 1.62. The van der Waals surface area contributed by atoms with Crippen LogP contribution in [0.15, 0.2) is 79.1 Å². The number of amides is 1. The van der Waals surface area contributed by atoms with Crippen molar-refractivity contribution in [3.8, 4) is 11.1 Å². The standard InChI is InChI=1S/C28H30N2O5/c1-20(30(17-27(31)32)28(33)26-18-34-19-35-26)25(14-9-21-6-3-2-4-7-21)23-12-10-22(11-13-23)24-8-5-15-29-16-24/h2-8,10-13,15-16,20,25-26H,9,14,17-19H2,1H3,(H,31,32). The van der Waals surface area contributed by atoms with E-state index in [-0.39, 0.29) is 31.3 Å². The largest absolute Gasteiger partial charge is 0.480 e. The Hall–Kier alpha value is -3.55. The topological polar surface area (TPSA) is 89.0 Å². The van der Waals surface area contributed by atoms with E-state index in [1.807, 2.05) is 55.6 Å². The maximum atomic E-state index is 13.2. The van der Waals surface area contributed by atoms with E-state index in [9.17, 15) is 14.7 Å². The summed E-state index contributed by atoms with van der Waals surface area (Å²) in [7, 11) is 0. The number of carboxylic acid groups (broad SMARTS) is 1. The molecule has 7 nitrogen and oxygen atoms in total. The third kappa shape index (κ3) is 6.32. The van der Waals surface area contributed by atoms with Crippen LogP contribution in [0.2, 0.25) is 0 Å². The second-order valence-corrected chi connectivity index (χ2v) is 8.74. The number of benzene rings is 2. The van der Waals surface area contributed by atoms with Gasteiger partial charge < -0.3 is 19.5 Å². The number of carbonyl (C=O) groups is 2. The molecule has 1 aliphatic rings. The average molecular weight is 475 g/mol. The molecule has 3 atom stereocenters. The Kier molecular flexibility index (Phi) is 8.23. The number of aliphatic carboxylic acids is 1. The molecule has 0 aliphatic carbocycles. The lowest BCUT2D eigenvalue weighted by Crippen LogP contribution is -2.49. The molecule has 1 N–H and O–H groups in total. The summed E-state index contributed by atoms with van der Waals surface area (Å²) < 4.78 is 10.6. The van der Waals surface area contributed by atoms with E-state index >= 15 is 0 Å². The monoisotopic (exact) mass is 474 g/mol. The molecule has 0 spiro atoms. The number of ether oxygens (including phenoxy) is 2. The first-order valence-electron chi connectivity index (χ1n) is 11.8. The van der Waals surface area contributed by atoms with Gasteiger partial charge in [0.1, 0.15) is 13.3 Å². The Bertz CT molecular complexity index is 1100. The van der Waals surface area contributed by atoms with E-state index < -0.39 is 18.6 Å². The normalized spacial score (nSPS) is 17.0. The van der Waals surface area contributed by atoms with Crippen molar-refractivity contribution in [2.45, 2.75) is 37.8 Å². The summed E-state index contributed by atoms with van der Waals surface area (Å²) in [5, 5.41) is 9.58. The lowest BCUT2D eigenvalue weighted by atomic mass is 9.85. The number of aromatic nitrogens is 1. The summed E-state index contributed by atoms with van der Waals surface area (Å²) in [6.45, 7) is 1.70. The van der Waals surface area contributed by atoms with Gasteiger partial charge in [0.2, 0.25) is 0 Å². The molecule has 3 unspecified atom stereocenters. The molecule has 1 saturated heterocycles. The molecule has 1 aromatic heterocycles. The first-order chi connectivity index (χ1) is 17.0. The van der Waals surface area contributed by atoms with Gasteiger partial charge in [-0.15, -0.1) is 0 Å². The van der Waals surface area contributed by atoms with Crippen LogP contribution in [-0.2, 0) is 25.5 Å². The minimum atomic E-state index is -1.06. The van der Waals surface area contributed by atoms with E-state index in [0.29, 0.717) is 0 Å². The highest BCUT2D eigenvalue weighted by molar-refractivity contribution is 5.85. The fourth-order valence-corrected chi connectivity index (χ4v) is 4.56. The molecule has 2 heterocycles. The molecule has 3 aromatic rings. The van der Waals surface area contributed by atoms with Gasteiger partial charge >= 0.3 is 5.97 Å². The summed E-state index contributed by atoms with van der Waals surface area (Å²) >= 11 is 0. The molecular formula is C28H30N2O5. The van der Waals surface area contributed by atoms with Crippen LogP contribution in [0.1, 0.15) is 30.4 Å². The zero-order chi connectivity index (χ0) is 24.6. The molecule has 0 saturated carbocycles. The minimum absolute atomic E-state index is 0.0406. The van der Waals surface area contributed by atoms with E-state index in [0.717, 1.165) is 29.5 Å². The highest BCUT2D eigenvalue weighted by Gasteiger charge is 2.36. The van der Waals surface area contributed by atoms with Gasteiger partial charge in [-0.1, -0.05) is 60.7 Å². The second-order valence-electron chi connectivity index (χ2n) is 8.74. The molecule has 0 bridgehead atoms. The lowest BCUT2D eigenvalue weighted by molar-refractivity contribution is -0.151. The zero-order valence-electron chi connectivity index (χ0n) is 19.7. The number of rotatable bonds is 10. The van der Waals surface area contributed by atoms with Crippen molar-refractivity contribution in [3.05, 3.63) is 90.3 Å². The average Bonchev–Trinajstić information content (AvgIpc) is 3.43. The number of carbonyl (C=O) groups excluding carboxylic acids is 1. The summed E-state index contributed by atoms with van der Waals surface area (Å²) in [6.07, 6.45) is 4.34. The van der Waals surface area contributed by atoms with Crippen molar-refractivity contribution >= 4 is 11.9 Å². The van der Waals surface area contributed by atoms with Crippen LogP contribution in [0.4, 0.5) is 0 Å². The van der Waals surface area contributed by atoms with Crippen molar-refractivity contribution in [1.82, 2.24) is 9.88 Å². The van der Waals surface area contributed by atoms with E-state index in [2.05, 4.69) is 29.2 Å². The molecular weight excluding hydrogens is 444 g/mol. The van der Waals surface area contributed by atoms with Gasteiger partial charge in [0.15, 0.2) is 6.10 Å². The smallest absolute Gasteiger partial charge is 0.323 e. The van der Waals surface area contributed by atoms with Crippen LogP contribution < -0.4 is 0 Å².